The maximum atomic E-state index is 11.3. The normalized spacial score (nSPS) is 17.3. The van der Waals surface area contributed by atoms with Crippen LogP contribution in [0.2, 0.25) is 0 Å². The van der Waals surface area contributed by atoms with E-state index in [1.54, 1.807) is 43.2 Å². The molecule has 0 spiro atoms. The van der Waals surface area contributed by atoms with E-state index in [-0.39, 0.29) is 85.6 Å². The molecular weight excluding hydrogens is 953 g/mol. The number of carbonyl (C=O) groups is 6. The highest BCUT2D eigenvalue weighted by Crippen LogP contribution is 2.51. The molecule has 5 rings (SSSR count). The third kappa shape index (κ3) is 22.5. The predicted molar refractivity (Wildman–Crippen MR) is 205 cm³/mol. The van der Waals surface area contributed by atoms with Crippen molar-refractivity contribution in [3.8, 4) is 0 Å². The summed E-state index contributed by atoms with van der Waals surface area (Å²) in [6, 6.07) is 0. The van der Waals surface area contributed by atoms with E-state index >= 15 is 0 Å². The van der Waals surface area contributed by atoms with Gasteiger partial charge in [0, 0.05) is 102 Å². The van der Waals surface area contributed by atoms with Gasteiger partial charge in [-0.15, -0.1) is 0 Å². The topological polar surface area (TPSA) is 133 Å². The van der Waals surface area contributed by atoms with Crippen LogP contribution in [-0.4, -0.2) is 72.8 Å². The van der Waals surface area contributed by atoms with Gasteiger partial charge in [-0.05, 0) is 23.6 Å². The molecule has 10 nitrogen and oxygen atoms in total. The summed E-state index contributed by atoms with van der Waals surface area (Å²) in [5, 5.41) is 6.78. The predicted octanol–water partition coefficient (Wildman–Crippen LogP) is 6.29. The first kappa shape index (κ1) is 44.4. The number of halogens is 2. The number of rotatable bonds is 9. The third-order valence-corrected chi connectivity index (χ3v) is 11.2. The molecule has 2 N–H and O–H groups in total. The summed E-state index contributed by atoms with van der Waals surface area (Å²) in [5.74, 6) is -1.65. The number of hydrogen-bond acceptors (Lipinski definition) is 14. The van der Waals surface area contributed by atoms with Gasteiger partial charge in [0.05, 0.1) is 5.08 Å². The minimum atomic E-state index is -0.344. The lowest BCUT2D eigenvalue weighted by Gasteiger charge is -2.12. The summed E-state index contributed by atoms with van der Waals surface area (Å²) in [5.41, 5.74) is 0. The molecule has 3 fully saturated rings. The quantitative estimate of drug-likeness (QED) is 0.0882. The summed E-state index contributed by atoms with van der Waals surface area (Å²) < 4.78 is 0.307. The van der Waals surface area contributed by atoms with Crippen LogP contribution in [0.3, 0.4) is 0 Å². The third-order valence-electron chi connectivity index (χ3n) is 4.02. The highest BCUT2D eigenvalue weighted by molar-refractivity contribution is 15.0. The fraction of sp³-hybridized carbons (Fsp3) is 0.474. The first-order valence-electron chi connectivity index (χ1n) is 10.1. The Bertz CT molecular complexity index is 894. The summed E-state index contributed by atoms with van der Waals surface area (Å²) >= 11 is 13.1. The lowest BCUT2D eigenvalue weighted by atomic mass is 10.3. The Labute approximate surface area is 300 Å². The van der Waals surface area contributed by atoms with E-state index in [1.165, 1.54) is 29.4 Å². The molecule has 0 bridgehead atoms. The molecule has 230 valence electrons. The maximum absolute atomic E-state index is 11.3. The number of hydrogen-bond donors (Lipinski definition) is 2. The molecule has 5 heterocycles. The molecule has 0 unspecified atom stereocenters. The molecule has 22 heteroatoms. The van der Waals surface area contributed by atoms with Crippen LogP contribution in [0.1, 0.15) is 27.7 Å². The second-order valence-electron chi connectivity index (χ2n) is 6.52. The van der Waals surface area contributed by atoms with Crippen molar-refractivity contribution in [2.45, 2.75) is 37.1 Å². The maximum Gasteiger partial charge on any atom is 0.253 e. The van der Waals surface area contributed by atoms with Gasteiger partial charge in [0.15, 0.2) is 0 Å². The van der Waals surface area contributed by atoms with E-state index in [2.05, 4.69) is 71.5 Å². The van der Waals surface area contributed by atoms with Crippen molar-refractivity contribution in [3.05, 3.63) is 24.3 Å². The van der Waals surface area contributed by atoms with Crippen LogP contribution in [0.5, 0.6) is 0 Å². The Morgan fingerprint density at radius 1 is 0.732 bits per heavy atom. The molecule has 0 aromatic rings. The summed E-state index contributed by atoms with van der Waals surface area (Å²) in [7, 11) is 11.9. The van der Waals surface area contributed by atoms with Crippen LogP contribution in [-0.2, 0) is 52.4 Å². The molecule has 3 saturated heterocycles. The zero-order valence-electron chi connectivity index (χ0n) is 19.3. The molecule has 0 aliphatic carbocycles. The average molecular weight is 979 g/mol. The van der Waals surface area contributed by atoms with Crippen molar-refractivity contribution in [2.75, 3.05) is 18.2 Å². The summed E-state index contributed by atoms with van der Waals surface area (Å²) in [6.07, 6.45) is 5.19. The number of imide groups is 2. The molecular formula is C19H26I2N4O6P2S8. The van der Waals surface area contributed by atoms with Crippen LogP contribution in [0.4, 0.5) is 0 Å². The lowest BCUT2D eigenvalue weighted by molar-refractivity contribution is -0.139. The Morgan fingerprint density at radius 3 is 1.20 bits per heavy atom. The van der Waals surface area contributed by atoms with Gasteiger partial charge in [0.25, 0.3) is 23.6 Å². The average Bonchev–Trinajstić information content (AvgIpc) is 3.78. The molecule has 6 amide bonds. The van der Waals surface area contributed by atoms with Gasteiger partial charge in [0.1, 0.15) is 9.41 Å². The smallest absolute Gasteiger partial charge is 0.253 e. The Kier molecular flexibility index (Phi) is 28.7. The largest absolute Gasteiger partial charge is 0.334 e. The number of amides is 6. The van der Waals surface area contributed by atoms with E-state index in [9.17, 15) is 28.8 Å². The van der Waals surface area contributed by atoms with E-state index in [1.807, 2.05) is 21.6 Å². The molecule has 0 atom stereocenters. The van der Waals surface area contributed by atoms with E-state index in [0.29, 0.717) is 0 Å². The molecule has 0 aromatic heterocycles. The van der Waals surface area contributed by atoms with Gasteiger partial charge in [0.2, 0.25) is 11.8 Å². The van der Waals surface area contributed by atoms with Crippen LogP contribution in [0.25, 0.3) is 0 Å². The van der Waals surface area contributed by atoms with Crippen LogP contribution < -0.4 is 10.6 Å². The number of carbonyl (C=O) groups excluding carboxylic acids is 6. The van der Waals surface area contributed by atoms with Crippen molar-refractivity contribution in [2.24, 2.45) is 0 Å². The molecule has 0 saturated carbocycles. The number of nitrogens with one attached hydrogen (secondary N) is 2. The number of nitrogens with zero attached hydrogens (tertiary/aromatic N) is 2. The fourth-order valence-electron chi connectivity index (χ4n) is 2.29. The zero-order chi connectivity index (χ0) is 29.2. The zero-order valence-corrected chi connectivity index (χ0v) is 31.9. The van der Waals surface area contributed by atoms with E-state index < -0.39 is 0 Å². The van der Waals surface area contributed by atoms with E-state index in [4.69, 9.17) is 0 Å². The van der Waals surface area contributed by atoms with Gasteiger partial charge >= 0.3 is 0 Å². The second kappa shape index (κ2) is 26.5. The standard InChI is InChI=1S/2C8H8N2O3S2.CH2S2.2CH4.I2.P2S2/c2*11-5(9-8-14-15-8)3-4-10-6(12)1-2-7(10)13;1-2-3-1;;;1-2;3-1-2-4/h2*1-2,8H,3-4H2,(H,9,11);1H2;2*1H4;;. The molecule has 5 aliphatic rings. The van der Waals surface area contributed by atoms with Gasteiger partial charge in [-0.3, -0.25) is 38.6 Å². The van der Waals surface area contributed by atoms with Crippen molar-refractivity contribution in [3.63, 3.8) is 0 Å². The van der Waals surface area contributed by atoms with Crippen molar-refractivity contribution in [1.82, 2.24) is 20.4 Å². The Balaban J connectivity index is 0. The lowest BCUT2D eigenvalue weighted by Crippen LogP contribution is -2.34. The molecule has 0 radical (unpaired) electrons. The molecule has 5 aliphatic heterocycles. The molecule has 41 heavy (non-hydrogen) atoms. The van der Waals surface area contributed by atoms with Crippen molar-refractivity contribution in [1.29, 1.82) is 0 Å². The first-order chi connectivity index (χ1) is 18.7. The summed E-state index contributed by atoms with van der Waals surface area (Å²) in [6.45, 7) is 0.303. The van der Waals surface area contributed by atoms with Gasteiger partial charge in [-0.1, -0.05) is 79.6 Å². The van der Waals surface area contributed by atoms with Gasteiger partial charge in [-0.2, -0.15) is 0 Å². The fourth-order valence-corrected chi connectivity index (χ4v) is 4.03. The SMILES string of the molecule is C.C.C1SS1.II.O=C(CCN1C(=O)C=CC1=O)NC1SS1.O=C(CCN1C(=O)C=CC1=O)NC1SS1.S=PP=S. The van der Waals surface area contributed by atoms with E-state index in [0.717, 1.165) is 23.9 Å². The van der Waals surface area contributed by atoms with Crippen molar-refractivity contribution < 1.29 is 28.8 Å². The minimum Gasteiger partial charge on any atom is -0.334 e. The highest BCUT2D eigenvalue weighted by atomic mass is 128. The van der Waals surface area contributed by atoms with Crippen molar-refractivity contribution >= 4 is 175 Å². The highest BCUT2D eigenvalue weighted by Gasteiger charge is 2.29. The minimum absolute atomic E-state index is 0. The van der Waals surface area contributed by atoms with Crippen LogP contribution >= 0.6 is 116 Å². The Morgan fingerprint density at radius 2 is 1.00 bits per heavy atom. The first-order valence-corrected chi connectivity index (χ1v) is 27.9. The van der Waals surface area contributed by atoms with Gasteiger partial charge < -0.3 is 10.6 Å². The summed E-state index contributed by atoms with van der Waals surface area (Å²) in [4.78, 5) is 69.1. The van der Waals surface area contributed by atoms with Crippen LogP contribution in [0, 0.1) is 0 Å². The Hall–Kier alpha value is 1.30. The monoisotopic (exact) mass is 978 g/mol. The van der Waals surface area contributed by atoms with Gasteiger partial charge in [-0.25, -0.2) is 0 Å². The molecule has 0 aromatic carbocycles. The van der Waals surface area contributed by atoms with Crippen LogP contribution in [0.15, 0.2) is 24.3 Å². The second-order valence-corrected chi connectivity index (χ2v) is 19.2.